The van der Waals surface area contributed by atoms with Crippen LogP contribution in [0.25, 0.3) is 11.3 Å². The maximum absolute atomic E-state index is 11.4. The summed E-state index contributed by atoms with van der Waals surface area (Å²) in [5.41, 5.74) is 1.96. The van der Waals surface area contributed by atoms with Crippen LogP contribution in [-0.2, 0) is 6.54 Å². The first-order valence-electron chi connectivity index (χ1n) is 4.66. The first-order chi connectivity index (χ1) is 6.83. The molecule has 1 heterocycles. The van der Waals surface area contributed by atoms with Crippen LogP contribution in [0.5, 0.6) is 0 Å². The molecular weight excluding hydrogens is 176 g/mol. The molecule has 72 valence electrons. The van der Waals surface area contributed by atoms with Crippen molar-refractivity contribution in [2.45, 2.75) is 13.5 Å². The minimum Gasteiger partial charge on any atom is -0.312 e. The highest BCUT2D eigenvalue weighted by Crippen LogP contribution is 2.15. The molecule has 3 heteroatoms. The Bertz CT molecular complexity index is 468. The van der Waals surface area contributed by atoms with E-state index in [0.29, 0.717) is 6.54 Å². The Morgan fingerprint density at radius 3 is 2.64 bits per heavy atom. The number of rotatable bonds is 2. The van der Waals surface area contributed by atoms with Gasteiger partial charge in [-0.3, -0.25) is 4.57 Å². The number of nitrogens with one attached hydrogen (secondary N) is 1. The molecule has 14 heavy (non-hydrogen) atoms. The van der Waals surface area contributed by atoms with Crippen molar-refractivity contribution in [3.05, 3.63) is 47.0 Å². The van der Waals surface area contributed by atoms with Crippen LogP contribution in [0.1, 0.15) is 6.92 Å². The van der Waals surface area contributed by atoms with Gasteiger partial charge in [-0.25, -0.2) is 4.79 Å². The van der Waals surface area contributed by atoms with Crippen LogP contribution in [0.3, 0.4) is 0 Å². The van der Waals surface area contributed by atoms with Gasteiger partial charge < -0.3 is 4.98 Å². The summed E-state index contributed by atoms with van der Waals surface area (Å²) in [6.07, 6.45) is 1.75. The van der Waals surface area contributed by atoms with E-state index in [0.717, 1.165) is 11.3 Å². The molecule has 1 aromatic heterocycles. The fraction of sp³-hybridized carbons (Fsp3) is 0.182. The predicted molar refractivity (Wildman–Crippen MR) is 56.2 cm³/mol. The highest BCUT2D eigenvalue weighted by Gasteiger charge is 2.05. The van der Waals surface area contributed by atoms with Gasteiger partial charge in [0, 0.05) is 12.7 Å². The topological polar surface area (TPSA) is 37.8 Å². The summed E-state index contributed by atoms with van der Waals surface area (Å²) in [6, 6.07) is 9.88. The Balaban J connectivity index is 2.57. The second-order valence-corrected chi connectivity index (χ2v) is 3.09. The van der Waals surface area contributed by atoms with Crippen LogP contribution >= 0.6 is 0 Å². The number of H-pyrrole nitrogens is 1. The molecule has 0 saturated heterocycles. The van der Waals surface area contributed by atoms with E-state index >= 15 is 0 Å². The first-order valence-corrected chi connectivity index (χ1v) is 4.66. The molecule has 0 saturated carbocycles. The molecule has 0 atom stereocenters. The first kappa shape index (κ1) is 8.81. The molecule has 0 spiro atoms. The molecule has 0 aliphatic rings. The van der Waals surface area contributed by atoms with Crippen LogP contribution in [0.4, 0.5) is 0 Å². The fourth-order valence-corrected chi connectivity index (χ4v) is 1.56. The highest BCUT2D eigenvalue weighted by atomic mass is 16.1. The van der Waals surface area contributed by atoms with Gasteiger partial charge in [0.2, 0.25) is 0 Å². The molecule has 1 aromatic carbocycles. The van der Waals surface area contributed by atoms with Crippen LogP contribution in [0.15, 0.2) is 41.3 Å². The zero-order chi connectivity index (χ0) is 9.97. The number of hydrogen-bond donors (Lipinski definition) is 1. The zero-order valence-electron chi connectivity index (χ0n) is 8.03. The minimum absolute atomic E-state index is 0.0497. The monoisotopic (exact) mass is 188 g/mol. The van der Waals surface area contributed by atoms with E-state index < -0.39 is 0 Å². The van der Waals surface area contributed by atoms with E-state index in [-0.39, 0.29) is 5.69 Å². The minimum atomic E-state index is -0.0497. The normalized spacial score (nSPS) is 10.4. The number of nitrogens with zero attached hydrogens (tertiary/aromatic N) is 1. The molecule has 0 fully saturated rings. The standard InChI is InChI=1S/C11H12N2O/c1-2-13-10(8-12-11(13)14)9-6-4-3-5-7-9/h3-8H,2H2,1H3,(H,12,14). The van der Waals surface area contributed by atoms with E-state index in [1.165, 1.54) is 0 Å². The van der Waals surface area contributed by atoms with Gasteiger partial charge >= 0.3 is 5.69 Å². The van der Waals surface area contributed by atoms with Crippen molar-refractivity contribution in [1.82, 2.24) is 9.55 Å². The molecular formula is C11H12N2O. The number of aromatic nitrogens is 2. The third kappa shape index (κ3) is 1.37. The second-order valence-electron chi connectivity index (χ2n) is 3.09. The molecule has 0 radical (unpaired) electrons. The van der Waals surface area contributed by atoms with Gasteiger partial charge in [0.25, 0.3) is 0 Å². The van der Waals surface area contributed by atoms with Gasteiger partial charge in [-0.15, -0.1) is 0 Å². The summed E-state index contributed by atoms with van der Waals surface area (Å²) in [5, 5.41) is 0. The van der Waals surface area contributed by atoms with Crippen LogP contribution in [0, 0.1) is 0 Å². The Morgan fingerprint density at radius 1 is 1.29 bits per heavy atom. The number of benzene rings is 1. The largest absolute Gasteiger partial charge is 0.325 e. The van der Waals surface area contributed by atoms with Crippen molar-refractivity contribution in [1.29, 1.82) is 0 Å². The summed E-state index contributed by atoms with van der Waals surface area (Å²) >= 11 is 0. The van der Waals surface area contributed by atoms with Crippen LogP contribution in [0.2, 0.25) is 0 Å². The maximum atomic E-state index is 11.4. The van der Waals surface area contributed by atoms with Crippen molar-refractivity contribution in [3.63, 3.8) is 0 Å². The molecule has 2 aromatic rings. The third-order valence-corrected chi connectivity index (χ3v) is 2.25. The Kier molecular flexibility index (Phi) is 2.23. The maximum Gasteiger partial charge on any atom is 0.325 e. The van der Waals surface area contributed by atoms with E-state index in [1.54, 1.807) is 10.8 Å². The number of imidazole rings is 1. The molecule has 0 bridgehead atoms. The van der Waals surface area contributed by atoms with Gasteiger partial charge in [0.05, 0.1) is 5.69 Å². The lowest BCUT2D eigenvalue weighted by molar-refractivity contribution is 0.736. The molecule has 2 rings (SSSR count). The van der Waals surface area contributed by atoms with Gasteiger partial charge in [-0.1, -0.05) is 30.3 Å². The summed E-state index contributed by atoms with van der Waals surface area (Å²) < 4.78 is 1.72. The van der Waals surface area contributed by atoms with Crippen LogP contribution < -0.4 is 5.69 Å². The third-order valence-electron chi connectivity index (χ3n) is 2.25. The zero-order valence-corrected chi connectivity index (χ0v) is 8.03. The summed E-state index contributed by atoms with van der Waals surface area (Å²) in [4.78, 5) is 14.0. The van der Waals surface area contributed by atoms with Gasteiger partial charge in [0.15, 0.2) is 0 Å². The Hall–Kier alpha value is -1.77. The lowest BCUT2D eigenvalue weighted by Crippen LogP contribution is -2.16. The Morgan fingerprint density at radius 2 is 2.00 bits per heavy atom. The smallest absolute Gasteiger partial charge is 0.312 e. The Labute approximate surface area is 82.0 Å². The molecule has 0 aliphatic carbocycles. The molecule has 0 amide bonds. The van der Waals surface area contributed by atoms with Crippen molar-refractivity contribution in [3.8, 4) is 11.3 Å². The highest BCUT2D eigenvalue weighted by molar-refractivity contribution is 5.58. The second kappa shape index (κ2) is 3.54. The van der Waals surface area contributed by atoms with Crippen molar-refractivity contribution >= 4 is 0 Å². The molecule has 0 aliphatic heterocycles. The van der Waals surface area contributed by atoms with Gasteiger partial charge in [0.1, 0.15) is 0 Å². The lowest BCUT2D eigenvalue weighted by atomic mass is 10.2. The van der Waals surface area contributed by atoms with Crippen molar-refractivity contribution in [2.24, 2.45) is 0 Å². The quantitative estimate of drug-likeness (QED) is 0.767. The summed E-state index contributed by atoms with van der Waals surface area (Å²) in [6.45, 7) is 2.65. The molecule has 3 nitrogen and oxygen atoms in total. The van der Waals surface area contributed by atoms with Gasteiger partial charge in [-0.2, -0.15) is 0 Å². The molecule has 1 N–H and O–H groups in total. The number of aromatic amines is 1. The molecule has 0 unspecified atom stereocenters. The number of hydrogen-bond acceptors (Lipinski definition) is 1. The SMILES string of the molecule is CCn1c(-c2ccccc2)c[nH]c1=O. The summed E-state index contributed by atoms with van der Waals surface area (Å²) in [7, 11) is 0. The van der Waals surface area contributed by atoms with Crippen molar-refractivity contribution in [2.75, 3.05) is 0 Å². The van der Waals surface area contributed by atoms with Crippen LogP contribution in [-0.4, -0.2) is 9.55 Å². The average Bonchev–Trinajstić information content (AvgIpc) is 2.61. The fourth-order valence-electron chi connectivity index (χ4n) is 1.56. The van der Waals surface area contributed by atoms with E-state index in [4.69, 9.17) is 0 Å². The average molecular weight is 188 g/mol. The van der Waals surface area contributed by atoms with Crippen molar-refractivity contribution < 1.29 is 0 Å². The van der Waals surface area contributed by atoms with Gasteiger partial charge in [-0.05, 0) is 12.5 Å². The lowest BCUT2D eigenvalue weighted by Gasteiger charge is -2.03. The van der Waals surface area contributed by atoms with E-state index in [9.17, 15) is 4.79 Å². The predicted octanol–water partition coefficient (Wildman–Crippen LogP) is 1.86. The van der Waals surface area contributed by atoms with E-state index in [2.05, 4.69) is 4.98 Å². The summed E-state index contributed by atoms with van der Waals surface area (Å²) in [5.74, 6) is 0. The van der Waals surface area contributed by atoms with E-state index in [1.807, 2.05) is 37.3 Å².